The van der Waals surface area contributed by atoms with Crippen LogP contribution >= 0.6 is 0 Å². The minimum Gasteiger partial charge on any atom is -0.317 e. The van der Waals surface area contributed by atoms with Gasteiger partial charge in [0.25, 0.3) is 0 Å². The topological polar surface area (TPSA) is 12.0 Å². The first-order valence-electron chi connectivity index (χ1n) is 6.52. The Kier molecular flexibility index (Phi) is 5.87. The summed E-state index contributed by atoms with van der Waals surface area (Å²) in [5.41, 5.74) is 0.862. The van der Waals surface area contributed by atoms with Crippen LogP contribution in [0.3, 0.4) is 0 Å². The third-order valence-electron chi connectivity index (χ3n) is 4.23. The van der Waals surface area contributed by atoms with Gasteiger partial charge in [-0.2, -0.15) is 0 Å². The van der Waals surface area contributed by atoms with E-state index in [1.165, 1.54) is 12.8 Å². The molecular weight excluding hydrogens is 182 g/mol. The van der Waals surface area contributed by atoms with E-state index < -0.39 is 0 Å². The molecule has 1 atom stereocenters. The van der Waals surface area contributed by atoms with Crippen molar-refractivity contribution < 1.29 is 0 Å². The second-order valence-electron chi connectivity index (χ2n) is 6.02. The molecule has 0 bridgehead atoms. The molecule has 0 radical (unpaired) electrons. The van der Waals surface area contributed by atoms with Gasteiger partial charge in [0.05, 0.1) is 0 Å². The second-order valence-corrected chi connectivity index (χ2v) is 6.02. The van der Waals surface area contributed by atoms with Crippen molar-refractivity contribution in [3.8, 4) is 0 Å². The van der Waals surface area contributed by atoms with Gasteiger partial charge in [-0.1, -0.05) is 48.5 Å². The molecule has 15 heavy (non-hydrogen) atoms. The number of nitrogens with one attached hydrogen (secondary N) is 1. The summed E-state index contributed by atoms with van der Waals surface area (Å²) >= 11 is 0. The Hall–Kier alpha value is -0.0400. The summed E-state index contributed by atoms with van der Waals surface area (Å²) in [5.74, 6) is 0.751. The first-order chi connectivity index (χ1) is 6.81. The standard InChI is InChI=1S/C14H31N/c1-8-14(12(3)4,13(5,6)7)10-11-15-9-2/h12,15H,8-11H2,1-7H3. The molecule has 92 valence electrons. The Bertz CT molecular complexity index is 167. The molecular formula is C14H31N. The Morgan fingerprint density at radius 3 is 1.87 bits per heavy atom. The third-order valence-corrected chi connectivity index (χ3v) is 4.23. The van der Waals surface area contributed by atoms with Gasteiger partial charge < -0.3 is 5.32 Å². The predicted molar refractivity (Wildman–Crippen MR) is 70.2 cm³/mol. The average Bonchev–Trinajstić information content (AvgIpc) is 2.10. The lowest BCUT2D eigenvalue weighted by molar-refractivity contribution is 0.0166. The van der Waals surface area contributed by atoms with E-state index in [0.29, 0.717) is 10.8 Å². The second kappa shape index (κ2) is 5.89. The molecule has 0 aromatic heterocycles. The van der Waals surface area contributed by atoms with Crippen LogP contribution in [0.2, 0.25) is 0 Å². The third kappa shape index (κ3) is 3.48. The lowest BCUT2D eigenvalue weighted by Crippen LogP contribution is -2.42. The Labute approximate surface area is 97.0 Å². The van der Waals surface area contributed by atoms with Crippen molar-refractivity contribution in [2.24, 2.45) is 16.7 Å². The van der Waals surface area contributed by atoms with Gasteiger partial charge in [0.15, 0.2) is 0 Å². The molecule has 1 N–H and O–H groups in total. The minimum absolute atomic E-state index is 0.394. The fraction of sp³-hybridized carbons (Fsp3) is 1.00. The SMILES string of the molecule is CCNCCC(CC)(C(C)C)C(C)(C)C. The Morgan fingerprint density at radius 2 is 1.60 bits per heavy atom. The van der Waals surface area contributed by atoms with Gasteiger partial charge in [0, 0.05) is 0 Å². The quantitative estimate of drug-likeness (QED) is 0.655. The van der Waals surface area contributed by atoms with E-state index in [0.717, 1.165) is 19.0 Å². The van der Waals surface area contributed by atoms with Crippen LogP contribution in [0, 0.1) is 16.7 Å². The molecule has 1 unspecified atom stereocenters. The van der Waals surface area contributed by atoms with E-state index in [1.807, 2.05) is 0 Å². The average molecular weight is 213 g/mol. The molecule has 0 aliphatic heterocycles. The molecule has 0 fully saturated rings. The highest BCUT2D eigenvalue weighted by atomic mass is 14.8. The summed E-state index contributed by atoms with van der Waals surface area (Å²) in [7, 11) is 0. The van der Waals surface area contributed by atoms with Crippen LogP contribution in [0.4, 0.5) is 0 Å². The summed E-state index contributed by atoms with van der Waals surface area (Å²) in [5, 5.41) is 3.46. The van der Waals surface area contributed by atoms with E-state index >= 15 is 0 Å². The van der Waals surface area contributed by atoms with Crippen LogP contribution in [0.1, 0.15) is 61.3 Å². The first kappa shape index (κ1) is 15.0. The van der Waals surface area contributed by atoms with E-state index in [4.69, 9.17) is 0 Å². The van der Waals surface area contributed by atoms with Gasteiger partial charge >= 0.3 is 0 Å². The maximum absolute atomic E-state index is 3.46. The van der Waals surface area contributed by atoms with Crippen molar-refractivity contribution in [2.75, 3.05) is 13.1 Å². The molecule has 0 amide bonds. The summed E-state index contributed by atoms with van der Waals surface area (Å²) in [6, 6.07) is 0. The summed E-state index contributed by atoms with van der Waals surface area (Å²) < 4.78 is 0. The molecule has 0 aliphatic rings. The van der Waals surface area contributed by atoms with Gasteiger partial charge in [-0.05, 0) is 42.7 Å². The number of hydrogen-bond acceptors (Lipinski definition) is 1. The Balaban J connectivity index is 4.68. The molecule has 1 heteroatoms. The van der Waals surface area contributed by atoms with Crippen LogP contribution in [-0.4, -0.2) is 13.1 Å². The highest BCUT2D eigenvalue weighted by Gasteiger charge is 2.42. The zero-order valence-electron chi connectivity index (χ0n) is 11.9. The van der Waals surface area contributed by atoms with Gasteiger partial charge in [-0.3, -0.25) is 0 Å². The van der Waals surface area contributed by atoms with Crippen LogP contribution < -0.4 is 5.32 Å². The summed E-state index contributed by atoms with van der Waals surface area (Å²) in [6.07, 6.45) is 2.57. The zero-order chi connectivity index (χ0) is 12.1. The smallest absolute Gasteiger partial charge is 0.00434 e. The maximum atomic E-state index is 3.46. The van der Waals surface area contributed by atoms with Gasteiger partial charge in [0.2, 0.25) is 0 Å². The molecule has 1 nitrogen and oxygen atoms in total. The fourth-order valence-electron chi connectivity index (χ4n) is 3.13. The highest BCUT2D eigenvalue weighted by Crippen LogP contribution is 2.49. The fourth-order valence-corrected chi connectivity index (χ4v) is 3.13. The van der Waals surface area contributed by atoms with Gasteiger partial charge in [-0.15, -0.1) is 0 Å². The number of hydrogen-bond donors (Lipinski definition) is 1. The molecule has 0 aromatic rings. The summed E-state index contributed by atoms with van der Waals surface area (Å²) in [4.78, 5) is 0. The first-order valence-corrected chi connectivity index (χ1v) is 6.52. The van der Waals surface area contributed by atoms with Crippen LogP contribution in [0.15, 0.2) is 0 Å². The van der Waals surface area contributed by atoms with E-state index in [9.17, 15) is 0 Å². The van der Waals surface area contributed by atoms with Crippen molar-refractivity contribution in [3.63, 3.8) is 0 Å². The van der Waals surface area contributed by atoms with Crippen LogP contribution in [0.25, 0.3) is 0 Å². The van der Waals surface area contributed by atoms with Crippen molar-refractivity contribution in [1.82, 2.24) is 5.32 Å². The van der Waals surface area contributed by atoms with Gasteiger partial charge in [-0.25, -0.2) is 0 Å². The Morgan fingerprint density at radius 1 is 1.07 bits per heavy atom. The molecule has 0 aromatic carbocycles. The minimum atomic E-state index is 0.394. The van der Waals surface area contributed by atoms with Crippen molar-refractivity contribution >= 4 is 0 Å². The van der Waals surface area contributed by atoms with Crippen molar-refractivity contribution in [1.29, 1.82) is 0 Å². The van der Waals surface area contributed by atoms with Gasteiger partial charge in [0.1, 0.15) is 0 Å². The molecule has 0 heterocycles. The summed E-state index contributed by atoms with van der Waals surface area (Å²) in [6.45, 7) is 18.7. The zero-order valence-corrected chi connectivity index (χ0v) is 11.9. The molecule has 0 saturated carbocycles. The van der Waals surface area contributed by atoms with E-state index in [2.05, 4.69) is 53.8 Å². The largest absolute Gasteiger partial charge is 0.317 e. The lowest BCUT2D eigenvalue weighted by Gasteiger charge is -2.48. The van der Waals surface area contributed by atoms with Crippen LogP contribution in [0.5, 0.6) is 0 Å². The molecule has 0 aliphatic carbocycles. The van der Waals surface area contributed by atoms with Crippen molar-refractivity contribution in [2.45, 2.75) is 61.3 Å². The molecule has 0 spiro atoms. The highest BCUT2D eigenvalue weighted by molar-refractivity contribution is 4.92. The number of rotatable bonds is 6. The molecule has 0 rings (SSSR count). The lowest BCUT2D eigenvalue weighted by atomic mass is 9.57. The molecule has 0 saturated heterocycles. The predicted octanol–water partition coefficient (Wildman–Crippen LogP) is 4.08. The maximum Gasteiger partial charge on any atom is -0.00434 e. The normalized spacial score (nSPS) is 16.8. The van der Waals surface area contributed by atoms with Crippen LogP contribution in [-0.2, 0) is 0 Å². The van der Waals surface area contributed by atoms with E-state index in [1.54, 1.807) is 0 Å². The van der Waals surface area contributed by atoms with Crippen molar-refractivity contribution in [3.05, 3.63) is 0 Å². The monoisotopic (exact) mass is 213 g/mol. The van der Waals surface area contributed by atoms with E-state index in [-0.39, 0.29) is 0 Å².